The first-order valence-corrected chi connectivity index (χ1v) is 6.01. The summed E-state index contributed by atoms with van der Waals surface area (Å²) in [7, 11) is 0. The van der Waals surface area contributed by atoms with Gasteiger partial charge < -0.3 is 11.1 Å². The molecular formula is C13H11ClF3N3. The molecule has 0 unspecified atom stereocenters. The number of aromatic nitrogens is 1. The molecule has 2 aromatic rings. The zero-order valence-corrected chi connectivity index (χ0v) is 11.2. The van der Waals surface area contributed by atoms with Crippen LogP contribution in [0.3, 0.4) is 0 Å². The number of nitrogens with one attached hydrogen (secondary N) is 1. The van der Waals surface area contributed by atoms with E-state index in [0.717, 1.165) is 17.7 Å². The summed E-state index contributed by atoms with van der Waals surface area (Å²) in [6, 6.07) is 4.78. The maximum absolute atomic E-state index is 12.5. The Balaban J connectivity index is 2.33. The fourth-order valence-corrected chi connectivity index (χ4v) is 1.82. The number of hydrogen-bond acceptors (Lipinski definition) is 3. The van der Waals surface area contributed by atoms with Gasteiger partial charge >= 0.3 is 6.18 Å². The zero-order chi connectivity index (χ0) is 14.9. The van der Waals surface area contributed by atoms with Crippen LogP contribution in [0.1, 0.15) is 11.1 Å². The fourth-order valence-electron chi connectivity index (χ4n) is 1.59. The van der Waals surface area contributed by atoms with Gasteiger partial charge in [0.15, 0.2) is 5.82 Å². The second-order valence-electron chi connectivity index (χ2n) is 4.21. The summed E-state index contributed by atoms with van der Waals surface area (Å²) in [5, 5.41) is 2.77. The van der Waals surface area contributed by atoms with E-state index in [9.17, 15) is 13.2 Å². The lowest BCUT2D eigenvalue weighted by Gasteiger charge is -2.13. The predicted octanol–water partition coefficient (Wildman–Crippen LogP) is 4.39. The van der Waals surface area contributed by atoms with Crippen molar-refractivity contribution >= 4 is 28.8 Å². The summed E-state index contributed by atoms with van der Waals surface area (Å²) >= 11 is 5.85. The lowest BCUT2D eigenvalue weighted by Crippen LogP contribution is -2.06. The number of nitrogen functional groups attached to an aromatic ring is 1. The van der Waals surface area contributed by atoms with Gasteiger partial charge in [-0.15, -0.1) is 0 Å². The Hall–Kier alpha value is -1.95. The Morgan fingerprint density at radius 2 is 1.95 bits per heavy atom. The molecule has 0 atom stereocenters. The third kappa shape index (κ3) is 2.96. The van der Waals surface area contributed by atoms with Crippen LogP contribution in [0, 0.1) is 6.92 Å². The number of aryl methyl sites for hydroxylation is 1. The molecule has 0 aliphatic rings. The quantitative estimate of drug-likeness (QED) is 0.865. The number of nitrogens with two attached hydrogens (primary N) is 1. The van der Waals surface area contributed by atoms with Crippen molar-refractivity contribution in [1.82, 2.24) is 4.98 Å². The Morgan fingerprint density at radius 3 is 2.55 bits per heavy atom. The van der Waals surface area contributed by atoms with Crippen LogP contribution in [0.4, 0.5) is 30.4 Å². The van der Waals surface area contributed by atoms with E-state index in [4.69, 9.17) is 17.3 Å². The third-order valence-electron chi connectivity index (χ3n) is 2.76. The minimum Gasteiger partial charge on any atom is -0.396 e. The standard InChI is InChI=1S/C13H11ClF3N3/c1-7-4-5-19-12(11(7)18)20-10-3-2-8(6-9(10)14)13(15,16)17/h2-6H,18H2,1H3,(H,19,20). The summed E-state index contributed by atoms with van der Waals surface area (Å²) in [4.78, 5) is 4.03. The number of rotatable bonds is 2. The molecule has 7 heteroatoms. The Morgan fingerprint density at radius 1 is 1.25 bits per heavy atom. The average Bonchev–Trinajstić information content (AvgIpc) is 2.36. The van der Waals surface area contributed by atoms with Crippen molar-refractivity contribution < 1.29 is 13.2 Å². The fraction of sp³-hybridized carbons (Fsp3) is 0.154. The van der Waals surface area contributed by atoms with E-state index >= 15 is 0 Å². The Kier molecular flexibility index (Phi) is 3.76. The van der Waals surface area contributed by atoms with Crippen molar-refractivity contribution in [1.29, 1.82) is 0 Å². The second-order valence-corrected chi connectivity index (χ2v) is 4.61. The number of halogens is 4. The summed E-state index contributed by atoms with van der Waals surface area (Å²) in [5.74, 6) is 0.353. The molecule has 0 saturated carbocycles. The molecule has 1 aromatic carbocycles. The van der Waals surface area contributed by atoms with Crippen LogP contribution in [0.25, 0.3) is 0 Å². The summed E-state index contributed by atoms with van der Waals surface area (Å²) in [6.07, 6.45) is -2.88. The molecular weight excluding hydrogens is 291 g/mol. The molecule has 0 fully saturated rings. The van der Waals surface area contributed by atoms with Crippen molar-refractivity contribution in [2.24, 2.45) is 0 Å². The van der Waals surface area contributed by atoms with Crippen LogP contribution in [0.15, 0.2) is 30.5 Å². The molecule has 1 heterocycles. The molecule has 0 saturated heterocycles. The largest absolute Gasteiger partial charge is 0.416 e. The van der Waals surface area contributed by atoms with Crippen LogP contribution in [0.2, 0.25) is 5.02 Å². The highest BCUT2D eigenvalue weighted by molar-refractivity contribution is 6.33. The van der Waals surface area contributed by atoms with Crippen molar-refractivity contribution in [2.45, 2.75) is 13.1 Å². The minimum atomic E-state index is -4.43. The third-order valence-corrected chi connectivity index (χ3v) is 3.07. The van der Waals surface area contributed by atoms with Gasteiger partial charge in [-0.1, -0.05) is 11.6 Å². The summed E-state index contributed by atoms with van der Waals surface area (Å²) in [6.45, 7) is 1.80. The van der Waals surface area contributed by atoms with Crippen LogP contribution in [-0.4, -0.2) is 4.98 Å². The molecule has 0 aliphatic heterocycles. The van der Waals surface area contributed by atoms with Gasteiger partial charge in [-0.05, 0) is 36.8 Å². The molecule has 1 aromatic heterocycles. The van der Waals surface area contributed by atoms with Gasteiger partial charge in [0.25, 0.3) is 0 Å². The van der Waals surface area contributed by atoms with Crippen LogP contribution in [0.5, 0.6) is 0 Å². The number of pyridine rings is 1. The Labute approximate surface area is 118 Å². The van der Waals surface area contributed by atoms with Gasteiger partial charge in [-0.3, -0.25) is 0 Å². The van der Waals surface area contributed by atoms with Crippen molar-refractivity contribution in [3.05, 3.63) is 46.6 Å². The van der Waals surface area contributed by atoms with Gasteiger partial charge in [0.1, 0.15) is 0 Å². The van der Waals surface area contributed by atoms with E-state index in [2.05, 4.69) is 10.3 Å². The maximum Gasteiger partial charge on any atom is 0.416 e. The highest BCUT2D eigenvalue weighted by Crippen LogP contribution is 2.35. The van der Waals surface area contributed by atoms with Crippen molar-refractivity contribution in [3.63, 3.8) is 0 Å². The van der Waals surface area contributed by atoms with Gasteiger partial charge in [0.05, 0.1) is 22.0 Å². The number of anilines is 3. The summed E-state index contributed by atoms with van der Waals surface area (Å²) < 4.78 is 37.6. The van der Waals surface area contributed by atoms with E-state index in [1.165, 1.54) is 6.07 Å². The van der Waals surface area contributed by atoms with E-state index in [1.54, 1.807) is 19.2 Å². The normalized spacial score (nSPS) is 11.4. The molecule has 0 amide bonds. The van der Waals surface area contributed by atoms with Crippen LogP contribution < -0.4 is 11.1 Å². The molecule has 0 bridgehead atoms. The molecule has 20 heavy (non-hydrogen) atoms. The van der Waals surface area contributed by atoms with E-state index < -0.39 is 11.7 Å². The lowest BCUT2D eigenvalue weighted by molar-refractivity contribution is -0.137. The van der Waals surface area contributed by atoms with Crippen molar-refractivity contribution in [2.75, 3.05) is 11.1 Å². The lowest BCUT2D eigenvalue weighted by atomic mass is 10.2. The highest BCUT2D eigenvalue weighted by Gasteiger charge is 2.30. The smallest absolute Gasteiger partial charge is 0.396 e. The maximum atomic E-state index is 12.5. The number of benzene rings is 1. The SMILES string of the molecule is Cc1ccnc(Nc2ccc(C(F)(F)F)cc2Cl)c1N. The number of alkyl halides is 3. The predicted molar refractivity (Wildman–Crippen MR) is 73.1 cm³/mol. The zero-order valence-electron chi connectivity index (χ0n) is 10.4. The Bertz CT molecular complexity index is 641. The van der Waals surface area contributed by atoms with Gasteiger partial charge in [0, 0.05) is 6.20 Å². The van der Waals surface area contributed by atoms with E-state index in [1.807, 2.05) is 0 Å². The van der Waals surface area contributed by atoms with Gasteiger partial charge in [-0.2, -0.15) is 13.2 Å². The van der Waals surface area contributed by atoms with E-state index in [-0.39, 0.29) is 5.02 Å². The van der Waals surface area contributed by atoms with Crippen LogP contribution in [-0.2, 0) is 6.18 Å². The first kappa shape index (κ1) is 14.5. The topological polar surface area (TPSA) is 50.9 Å². The molecule has 0 aliphatic carbocycles. The molecule has 106 valence electrons. The second kappa shape index (κ2) is 5.20. The number of hydrogen-bond donors (Lipinski definition) is 2. The minimum absolute atomic E-state index is 0.0532. The average molecular weight is 302 g/mol. The molecule has 3 N–H and O–H groups in total. The van der Waals surface area contributed by atoms with Gasteiger partial charge in [-0.25, -0.2) is 4.98 Å². The highest BCUT2D eigenvalue weighted by atomic mass is 35.5. The van der Waals surface area contributed by atoms with Crippen LogP contribution >= 0.6 is 11.6 Å². The van der Waals surface area contributed by atoms with Crippen molar-refractivity contribution in [3.8, 4) is 0 Å². The molecule has 0 spiro atoms. The first-order valence-electron chi connectivity index (χ1n) is 5.64. The van der Waals surface area contributed by atoms with Gasteiger partial charge in [0.2, 0.25) is 0 Å². The first-order chi connectivity index (χ1) is 9.29. The monoisotopic (exact) mass is 301 g/mol. The van der Waals surface area contributed by atoms with E-state index in [0.29, 0.717) is 17.2 Å². The number of nitrogens with zero attached hydrogens (tertiary/aromatic N) is 1. The molecule has 3 nitrogen and oxygen atoms in total. The summed E-state index contributed by atoms with van der Waals surface area (Å²) in [5.41, 5.74) is 6.56. The molecule has 0 radical (unpaired) electrons. The molecule has 2 rings (SSSR count).